The predicted molar refractivity (Wildman–Crippen MR) is 80.1 cm³/mol. The minimum Gasteiger partial charge on any atom is -0.361 e. The van der Waals surface area contributed by atoms with E-state index >= 15 is 0 Å². The van der Waals surface area contributed by atoms with E-state index in [9.17, 15) is 0 Å². The molecule has 3 heteroatoms. The second-order valence-corrected chi connectivity index (χ2v) is 6.29. The maximum Gasteiger partial charge on any atom is 0.0457 e. The first kappa shape index (κ1) is 12.1. The molecular weight excluding hydrogens is 240 g/mol. The molecule has 0 amide bonds. The molecule has 1 aliphatic rings. The van der Waals surface area contributed by atoms with Crippen LogP contribution in [0.3, 0.4) is 0 Å². The van der Waals surface area contributed by atoms with Crippen LogP contribution in [-0.4, -0.2) is 22.5 Å². The molecule has 0 bridgehead atoms. The molecule has 1 aromatic carbocycles. The zero-order chi connectivity index (χ0) is 12.4. The quantitative estimate of drug-likeness (QED) is 0.880. The fourth-order valence-corrected chi connectivity index (χ4v) is 3.60. The van der Waals surface area contributed by atoms with E-state index in [0.29, 0.717) is 6.04 Å². The molecule has 1 saturated carbocycles. The van der Waals surface area contributed by atoms with E-state index in [0.717, 1.165) is 11.8 Å². The van der Waals surface area contributed by atoms with E-state index in [1.807, 2.05) is 18.0 Å². The Labute approximate surface area is 113 Å². The van der Waals surface area contributed by atoms with Crippen molar-refractivity contribution in [2.75, 3.05) is 6.26 Å². The van der Waals surface area contributed by atoms with Crippen molar-refractivity contribution in [3.8, 4) is 0 Å². The fourth-order valence-electron chi connectivity index (χ4n) is 2.81. The highest BCUT2D eigenvalue weighted by Gasteiger charge is 2.23. The summed E-state index contributed by atoms with van der Waals surface area (Å²) in [7, 11) is 0. The Bertz CT molecular complexity index is 520. The van der Waals surface area contributed by atoms with Crippen molar-refractivity contribution >= 4 is 22.7 Å². The first-order valence-electron chi connectivity index (χ1n) is 6.67. The third-order valence-electron chi connectivity index (χ3n) is 3.93. The average Bonchev–Trinajstić information content (AvgIpc) is 3.04. The second-order valence-electron chi connectivity index (χ2n) is 5.15. The lowest BCUT2D eigenvalue weighted by Gasteiger charge is -2.12. The van der Waals surface area contributed by atoms with Gasteiger partial charge >= 0.3 is 0 Å². The summed E-state index contributed by atoms with van der Waals surface area (Å²) in [5, 5.41) is 5.85. The third kappa shape index (κ3) is 2.57. The second kappa shape index (κ2) is 5.37. The highest BCUT2D eigenvalue weighted by molar-refractivity contribution is 7.99. The van der Waals surface area contributed by atoms with Crippen molar-refractivity contribution in [2.45, 2.75) is 37.1 Å². The molecular formula is C15H20N2S. The van der Waals surface area contributed by atoms with Crippen LogP contribution in [0.2, 0.25) is 0 Å². The van der Waals surface area contributed by atoms with E-state index < -0.39 is 0 Å². The van der Waals surface area contributed by atoms with Gasteiger partial charge in [-0.3, -0.25) is 0 Å². The van der Waals surface area contributed by atoms with Gasteiger partial charge in [-0.2, -0.15) is 11.8 Å². The van der Waals surface area contributed by atoms with Gasteiger partial charge in [0.25, 0.3) is 0 Å². The van der Waals surface area contributed by atoms with Gasteiger partial charge < -0.3 is 10.3 Å². The van der Waals surface area contributed by atoms with Crippen molar-refractivity contribution in [1.29, 1.82) is 0 Å². The molecule has 2 aromatic rings. The molecule has 2 unspecified atom stereocenters. The summed E-state index contributed by atoms with van der Waals surface area (Å²) in [6.07, 6.45) is 8.25. The topological polar surface area (TPSA) is 27.8 Å². The van der Waals surface area contributed by atoms with Crippen molar-refractivity contribution in [1.82, 2.24) is 10.3 Å². The summed E-state index contributed by atoms with van der Waals surface area (Å²) < 4.78 is 0. The van der Waals surface area contributed by atoms with Gasteiger partial charge in [-0.25, -0.2) is 0 Å². The van der Waals surface area contributed by atoms with E-state index in [1.165, 1.54) is 35.7 Å². The fraction of sp³-hybridized carbons (Fsp3) is 0.467. The molecule has 2 N–H and O–H groups in total. The first-order valence-corrected chi connectivity index (χ1v) is 7.96. The summed E-state index contributed by atoms with van der Waals surface area (Å²) in [5.74, 6) is 0. The molecule has 1 aromatic heterocycles. The number of fused-ring (bicyclic) bond motifs is 1. The zero-order valence-electron chi connectivity index (χ0n) is 10.8. The number of benzene rings is 1. The molecule has 2 atom stereocenters. The van der Waals surface area contributed by atoms with Gasteiger partial charge in [0.1, 0.15) is 0 Å². The number of hydrogen-bond acceptors (Lipinski definition) is 2. The summed E-state index contributed by atoms with van der Waals surface area (Å²) in [6, 6.07) is 9.50. The van der Waals surface area contributed by atoms with Crippen LogP contribution < -0.4 is 5.32 Å². The minimum absolute atomic E-state index is 0.710. The molecule has 96 valence electrons. The lowest BCUT2D eigenvalue weighted by Crippen LogP contribution is -2.26. The molecule has 3 rings (SSSR count). The Balaban J connectivity index is 1.59. The number of nitrogens with one attached hydrogen (secondary N) is 2. The van der Waals surface area contributed by atoms with Crippen molar-refractivity contribution in [3.05, 3.63) is 36.0 Å². The van der Waals surface area contributed by atoms with E-state index in [-0.39, 0.29) is 0 Å². The predicted octanol–water partition coefficient (Wildman–Crippen LogP) is 3.54. The first-order chi connectivity index (χ1) is 8.85. The highest BCUT2D eigenvalue weighted by atomic mass is 32.2. The number of H-pyrrole nitrogens is 1. The van der Waals surface area contributed by atoms with E-state index in [1.54, 1.807) is 0 Å². The SMILES string of the molecule is CSC1CCC(NCc2ccc3cc[nH]c3c2)C1. The monoisotopic (exact) mass is 260 g/mol. The summed E-state index contributed by atoms with van der Waals surface area (Å²) in [4.78, 5) is 3.27. The standard InChI is InChI=1S/C15H20N2S/c1-18-14-5-4-13(9-14)17-10-11-2-3-12-6-7-16-15(12)8-11/h2-3,6-8,13-14,16-17H,4-5,9-10H2,1H3. The average molecular weight is 260 g/mol. The van der Waals surface area contributed by atoms with Gasteiger partial charge in [-0.15, -0.1) is 0 Å². The van der Waals surface area contributed by atoms with E-state index in [4.69, 9.17) is 0 Å². The Morgan fingerprint density at radius 2 is 2.28 bits per heavy atom. The molecule has 18 heavy (non-hydrogen) atoms. The number of thioether (sulfide) groups is 1. The Morgan fingerprint density at radius 1 is 1.33 bits per heavy atom. The molecule has 0 saturated heterocycles. The maximum atomic E-state index is 3.69. The van der Waals surface area contributed by atoms with Gasteiger partial charge in [0.15, 0.2) is 0 Å². The van der Waals surface area contributed by atoms with E-state index in [2.05, 4.69) is 40.8 Å². The molecule has 0 aliphatic heterocycles. The van der Waals surface area contributed by atoms with Gasteiger partial charge in [-0.1, -0.05) is 12.1 Å². The van der Waals surface area contributed by atoms with Crippen molar-refractivity contribution in [3.63, 3.8) is 0 Å². The smallest absolute Gasteiger partial charge is 0.0457 e. The molecule has 0 radical (unpaired) electrons. The van der Waals surface area contributed by atoms with Crippen LogP contribution >= 0.6 is 11.8 Å². The summed E-state index contributed by atoms with van der Waals surface area (Å²) in [6.45, 7) is 0.987. The Kier molecular flexibility index (Phi) is 3.62. The van der Waals surface area contributed by atoms with Crippen LogP contribution in [0.15, 0.2) is 30.5 Å². The van der Waals surface area contributed by atoms with Crippen LogP contribution in [0.1, 0.15) is 24.8 Å². The molecule has 1 heterocycles. The Hall–Kier alpha value is -0.930. The number of aromatic nitrogens is 1. The highest BCUT2D eigenvalue weighted by Crippen LogP contribution is 2.28. The van der Waals surface area contributed by atoms with Crippen LogP contribution in [0.4, 0.5) is 0 Å². The van der Waals surface area contributed by atoms with Gasteiger partial charge in [0, 0.05) is 29.6 Å². The molecule has 1 fully saturated rings. The number of hydrogen-bond donors (Lipinski definition) is 2. The molecule has 0 spiro atoms. The van der Waals surface area contributed by atoms with Gasteiger partial charge in [0.2, 0.25) is 0 Å². The number of aromatic amines is 1. The van der Waals surface area contributed by atoms with Gasteiger partial charge in [-0.05, 0) is 48.6 Å². The molecule has 2 nitrogen and oxygen atoms in total. The van der Waals surface area contributed by atoms with Crippen molar-refractivity contribution in [2.24, 2.45) is 0 Å². The Morgan fingerprint density at radius 3 is 3.11 bits per heavy atom. The summed E-state index contributed by atoms with van der Waals surface area (Å²) in [5.41, 5.74) is 2.61. The summed E-state index contributed by atoms with van der Waals surface area (Å²) >= 11 is 2.02. The largest absolute Gasteiger partial charge is 0.361 e. The van der Waals surface area contributed by atoms with Crippen LogP contribution in [0.25, 0.3) is 10.9 Å². The normalized spacial score (nSPS) is 23.8. The van der Waals surface area contributed by atoms with Crippen LogP contribution in [0.5, 0.6) is 0 Å². The van der Waals surface area contributed by atoms with Crippen LogP contribution in [-0.2, 0) is 6.54 Å². The van der Waals surface area contributed by atoms with Gasteiger partial charge in [0.05, 0.1) is 0 Å². The van der Waals surface area contributed by atoms with Crippen LogP contribution in [0, 0.1) is 0 Å². The minimum atomic E-state index is 0.710. The zero-order valence-corrected chi connectivity index (χ0v) is 11.6. The lowest BCUT2D eigenvalue weighted by atomic mass is 10.1. The third-order valence-corrected chi connectivity index (χ3v) is 5.03. The number of rotatable bonds is 4. The van der Waals surface area contributed by atoms with Crippen molar-refractivity contribution < 1.29 is 0 Å². The molecule has 1 aliphatic carbocycles. The lowest BCUT2D eigenvalue weighted by molar-refractivity contribution is 0.525. The maximum absolute atomic E-state index is 3.69.